The van der Waals surface area contributed by atoms with E-state index in [2.05, 4.69) is 6.92 Å². The summed E-state index contributed by atoms with van der Waals surface area (Å²) in [6.45, 7) is 3.11. The van der Waals surface area contributed by atoms with Gasteiger partial charge in [0.15, 0.2) is 0 Å². The molecule has 0 aromatic heterocycles. The van der Waals surface area contributed by atoms with E-state index in [1.807, 2.05) is 0 Å². The van der Waals surface area contributed by atoms with Crippen molar-refractivity contribution in [3.63, 3.8) is 0 Å². The molecule has 0 aliphatic heterocycles. The van der Waals surface area contributed by atoms with Gasteiger partial charge in [-0.1, -0.05) is 39.0 Å². The van der Waals surface area contributed by atoms with E-state index in [0.717, 1.165) is 6.54 Å². The van der Waals surface area contributed by atoms with Gasteiger partial charge in [-0.25, -0.2) is 0 Å². The van der Waals surface area contributed by atoms with Gasteiger partial charge < -0.3 is 5.73 Å². The van der Waals surface area contributed by atoms with Gasteiger partial charge in [0.2, 0.25) is 0 Å². The SMILES string of the molecule is CCCCCCCCN.[Na+]. The second-order valence-electron chi connectivity index (χ2n) is 2.56. The van der Waals surface area contributed by atoms with Gasteiger partial charge in [0, 0.05) is 0 Å². The molecule has 0 aliphatic carbocycles. The van der Waals surface area contributed by atoms with Crippen LogP contribution in [0.1, 0.15) is 45.4 Å². The van der Waals surface area contributed by atoms with Crippen molar-refractivity contribution in [3.8, 4) is 0 Å². The van der Waals surface area contributed by atoms with Gasteiger partial charge in [-0.15, -0.1) is 0 Å². The van der Waals surface area contributed by atoms with E-state index >= 15 is 0 Å². The molecule has 0 saturated heterocycles. The Hall–Kier alpha value is 0.960. The minimum Gasteiger partial charge on any atom is -0.330 e. The van der Waals surface area contributed by atoms with Gasteiger partial charge >= 0.3 is 29.6 Å². The maximum absolute atomic E-state index is 5.34. The molecule has 10 heavy (non-hydrogen) atoms. The van der Waals surface area contributed by atoms with E-state index in [4.69, 9.17) is 5.73 Å². The molecule has 56 valence electrons. The predicted octanol–water partition coefficient (Wildman–Crippen LogP) is -0.690. The Bertz CT molecular complexity index is 42.5. The minimum atomic E-state index is 0. The molecule has 0 aromatic rings. The third-order valence-corrected chi connectivity index (χ3v) is 1.56. The summed E-state index contributed by atoms with van der Waals surface area (Å²) in [5.41, 5.74) is 5.34. The molecule has 0 atom stereocenters. The average Bonchev–Trinajstić information content (AvgIpc) is 1.89. The molecule has 1 nitrogen and oxygen atoms in total. The zero-order valence-corrected chi connectivity index (χ0v) is 9.53. The number of nitrogens with two attached hydrogens (primary N) is 1. The van der Waals surface area contributed by atoms with Crippen molar-refractivity contribution >= 4 is 0 Å². The number of hydrogen-bond donors (Lipinski definition) is 1. The molecule has 0 saturated carbocycles. The zero-order valence-electron chi connectivity index (χ0n) is 7.53. The fourth-order valence-electron chi connectivity index (χ4n) is 0.925. The second kappa shape index (κ2) is 12.6. The molecule has 0 amide bonds. The normalized spacial score (nSPS) is 9.00. The van der Waals surface area contributed by atoms with E-state index in [1.54, 1.807) is 0 Å². The Morgan fingerprint density at radius 1 is 0.900 bits per heavy atom. The fraction of sp³-hybridized carbons (Fsp3) is 1.00. The molecular weight excluding hydrogens is 133 g/mol. The van der Waals surface area contributed by atoms with Crippen LogP contribution < -0.4 is 35.3 Å². The summed E-state index contributed by atoms with van der Waals surface area (Å²) in [5.74, 6) is 0. The van der Waals surface area contributed by atoms with Gasteiger partial charge in [0.25, 0.3) is 0 Å². The first-order valence-corrected chi connectivity index (χ1v) is 4.12. The maximum Gasteiger partial charge on any atom is 1.00 e. The number of rotatable bonds is 6. The average molecular weight is 152 g/mol. The predicted molar refractivity (Wildman–Crippen MR) is 42.4 cm³/mol. The summed E-state index contributed by atoms with van der Waals surface area (Å²) >= 11 is 0. The van der Waals surface area contributed by atoms with Crippen molar-refractivity contribution in [2.45, 2.75) is 45.4 Å². The largest absolute Gasteiger partial charge is 1.00 e. The molecule has 0 rings (SSSR count). The van der Waals surface area contributed by atoms with Crippen molar-refractivity contribution < 1.29 is 29.6 Å². The fourth-order valence-corrected chi connectivity index (χ4v) is 0.925. The zero-order chi connectivity index (χ0) is 6.95. The van der Waals surface area contributed by atoms with Crippen LogP contribution in [0, 0.1) is 0 Å². The molecular formula is C8H19NNa+. The maximum atomic E-state index is 5.34. The molecule has 0 aromatic carbocycles. The summed E-state index contributed by atoms with van der Waals surface area (Å²) in [7, 11) is 0. The standard InChI is InChI=1S/C8H19N.Na/c1-2-3-4-5-6-7-8-9;/h2-9H2,1H3;/q;+1. The molecule has 0 fully saturated rings. The van der Waals surface area contributed by atoms with Crippen LogP contribution in [0.4, 0.5) is 0 Å². The van der Waals surface area contributed by atoms with Crippen LogP contribution in [-0.2, 0) is 0 Å². The Morgan fingerprint density at radius 3 is 1.90 bits per heavy atom. The van der Waals surface area contributed by atoms with Crippen LogP contribution in [-0.4, -0.2) is 6.54 Å². The monoisotopic (exact) mass is 152 g/mol. The molecule has 0 spiro atoms. The third-order valence-electron chi connectivity index (χ3n) is 1.56. The first kappa shape index (κ1) is 13.5. The molecule has 0 radical (unpaired) electrons. The van der Waals surface area contributed by atoms with Crippen molar-refractivity contribution in [1.82, 2.24) is 0 Å². The van der Waals surface area contributed by atoms with Crippen LogP contribution in [0.2, 0.25) is 0 Å². The summed E-state index contributed by atoms with van der Waals surface area (Å²) in [5, 5.41) is 0. The Morgan fingerprint density at radius 2 is 1.40 bits per heavy atom. The number of unbranched alkanes of at least 4 members (excludes halogenated alkanes) is 5. The van der Waals surface area contributed by atoms with Crippen molar-refractivity contribution in [3.05, 3.63) is 0 Å². The molecule has 2 N–H and O–H groups in total. The summed E-state index contributed by atoms with van der Waals surface area (Å²) in [6.07, 6.45) is 8.05. The Labute approximate surface area is 87.0 Å². The first-order chi connectivity index (χ1) is 4.41. The van der Waals surface area contributed by atoms with E-state index in [0.29, 0.717) is 0 Å². The quantitative estimate of drug-likeness (QED) is 0.396. The minimum absolute atomic E-state index is 0. The summed E-state index contributed by atoms with van der Waals surface area (Å²) < 4.78 is 0. The summed E-state index contributed by atoms with van der Waals surface area (Å²) in [4.78, 5) is 0. The van der Waals surface area contributed by atoms with Crippen LogP contribution in [0.3, 0.4) is 0 Å². The van der Waals surface area contributed by atoms with Crippen molar-refractivity contribution in [1.29, 1.82) is 0 Å². The van der Waals surface area contributed by atoms with E-state index < -0.39 is 0 Å². The van der Waals surface area contributed by atoms with E-state index in [9.17, 15) is 0 Å². The summed E-state index contributed by atoms with van der Waals surface area (Å²) in [6, 6.07) is 0. The number of hydrogen-bond acceptors (Lipinski definition) is 1. The van der Waals surface area contributed by atoms with E-state index in [1.165, 1.54) is 38.5 Å². The van der Waals surface area contributed by atoms with Crippen molar-refractivity contribution in [2.24, 2.45) is 5.73 Å². The van der Waals surface area contributed by atoms with Gasteiger partial charge in [0.1, 0.15) is 0 Å². The van der Waals surface area contributed by atoms with Gasteiger partial charge in [-0.3, -0.25) is 0 Å². The van der Waals surface area contributed by atoms with Gasteiger partial charge in [-0.05, 0) is 13.0 Å². The van der Waals surface area contributed by atoms with Crippen LogP contribution in [0.5, 0.6) is 0 Å². The van der Waals surface area contributed by atoms with Crippen LogP contribution in [0.15, 0.2) is 0 Å². The molecule has 0 heterocycles. The molecule has 0 unspecified atom stereocenters. The van der Waals surface area contributed by atoms with Crippen molar-refractivity contribution in [2.75, 3.05) is 6.54 Å². The third kappa shape index (κ3) is 11.7. The topological polar surface area (TPSA) is 26.0 Å². The first-order valence-electron chi connectivity index (χ1n) is 4.12. The second-order valence-corrected chi connectivity index (χ2v) is 2.56. The molecule has 0 aliphatic rings. The molecule has 2 heteroatoms. The molecule has 0 bridgehead atoms. The van der Waals surface area contributed by atoms with Gasteiger partial charge in [0.05, 0.1) is 0 Å². The Kier molecular flexibility index (Phi) is 17.1. The Balaban J connectivity index is 0. The van der Waals surface area contributed by atoms with E-state index in [-0.39, 0.29) is 29.6 Å². The van der Waals surface area contributed by atoms with Gasteiger partial charge in [-0.2, -0.15) is 0 Å². The smallest absolute Gasteiger partial charge is 0.330 e. The van der Waals surface area contributed by atoms with Crippen LogP contribution in [0.25, 0.3) is 0 Å². The van der Waals surface area contributed by atoms with Crippen LogP contribution >= 0.6 is 0 Å².